The maximum absolute atomic E-state index is 12.3. The summed E-state index contributed by atoms with van der Waals surface area (Å²) in [5, 5.41) is 19.1. The molecule has 320 valence electrons. The topological polar surface area (TPSA) is 149 Å². The molecule has 0 aliphatic carbocycles. The van der Waals surface area contributed by atoms with E-state index in [9.17, 15) is 29.3 Å². The number of phosphoric ester groups is 1. The van der Waals surface area contributed by atoms with Gasteiger partial charge in [0.05, 0.1) is 26.4 Å². The summed E-state index contributed by atoms with van der Waals surface area (Å²) in [4.78, 5) is 34.5. The van der Waals surface area contributed by atoms with Crippen LogP contribution in [0.4, 0.5) is 0 Å². The SMILES string of the molecule is CC/C=C\C/C=C\C/C=C\CCCCCC(=O)OC(CO)COP(=O)(O)OCC(CO)OC(=O)CCCCCCCCCCC/C=C\CCCCCCCC. The van der Waals surface area contributed by atoms with Crippen LogP contribution in [0.5, 0.6) is 0 Å². The lowest BCUT2D eigenvalue weighted by Crippen LogP contribution is -2.28. The molecule has 3 atom stereocenters. The van der Waals surface area contributed by atoms with Crippen LogP contribution in [0.3, 0.4) is 0 Å². The normalized spacial score (nSPS) is 14.3. The zero-order chi connectivity index (χ0) is 40.5. The van der Waals surface area contributed by atoms with Crippen LogP contribution in [0.25, 0.3) is 0 Å². The fourth-order valence-electron chi connectivity index (χ4n) is 5.71. The number of esters is 2. The van der Waals surface area contributed by atoms with Gasteiger partial charge in [0.15, 0.2) is 0 Å². The monoisotopic (exact) mass is 799 g/mol. The lowest BCUT2D eigenvalue weighted by atomic mass is 10.1. The number of allylic oxidation sites excluding steroid dienone is 8. The van der Waals surface area contributed by atoms with Crippen molar-refractivity contribution in [2.75, 3.05) is 26.4 Å². The lowest BCUT2D eigenvalue weighted by molar-refractivity contribution is -0.153. The molecule has 0 spiro atoms. The number of carbonyl (C=O) groups excluding carboxylic acids is 2. The van der Waals surface area contributed by atoms with Gasteiger partial charge in [0, 0.05) is 12.8 Å². The first kappa shape index (κ1) is 52.9. The lowest BCUT2D eigenvalue weighted by Gasteiger charge is -2.20. The van der Waals surface area contributed by atoms with Crippen molar-refractivity contribution in [2.45, 2.75) is 193 Å². The molecule has 0 saturated carbocycles. The van der Waals surface area contributed by atoms with Crippen LogP contribution in [0.15, 0.2) is 48.6 Å². The maximum Gasteiger partial charge on any atom is 0.472 e. The molecule has 0 bridgehead atoms. The zero-order valence-corrected chi connectivity index (χ0v) is 35.5. The van der Waals surface area contributed by atoms with Crippen LogP contribution in [0, 0.1) is 0 Å². The van der Waals surface area contributed by atoms with Crippen molar-refractivity contribution < 1.29 is 47.8 Å². The molecule has 0 aromatic rings. The zero-order valence-electron chi connectivity index (χ0n) is 34.6. The van der Waals surface area contributed by atoms with Crippen LogP contribution >= 0.6 is 7.82 Å². The third-order valence-electron chi connectivity index (χ3n) is 9.03. The van der Waals surface area contributed by atoms with Gasteiger partial charge in [-0.05, 0) is 70.6 Å². The van der Waals surface area contributed by atoms with E-state index in [1.54, 1.807) is 0 Å². The number of phosphoric acid groups is 1. The Morgan fingerprint density at radius 2 is 0.855 bits per heavy atom. The predicted octanol–water partition coefficient (Wildman–Crippen LogP) is 11.3. The molecule has 0 rings (SSSR count). The Balaban J connectivity index is 3.93. The first-order valence-corrected chi connectivity index (χ1v) is 23.1. The van der Waals surface area contributed by atoms with Gasteiger partial charge in [0.1, 0.15) is 12.2 Å². The van der Waals surface area contributed by atoms with E-state index in [0.717, 1.165) is 57.8 Å². The molecule has 3 N–H and O–H groups in total. The molecule has 0 aliphatic heterocycles. The van der Waals surface area contributed by atoms with Gasteiger partial charge in [-0.3, -0.25) is 18.6 Å². The summed E-state index contributed by atoms with van der Waals surface area (Å²) >= 11 is 0. The molecule has 0 aliphatic rings. The van der Waals surface area contributed by atoms with E-state index in [0.29, 0.717) is 12.8 Å². The minimum absolute atomic E-state index is 0.156. The Labute approximate surface area is 334 Å². The van der Waals surface area contributed by atoms with Gasteiger partial charge in [-0.2, -0.15) is 0 Å². The fraction of sp³-hybridized carbons (Fsp3) is 0.773. The molecule has 0 aromatic heterocycles. The average molecular weight is 799 g/mol. The van der Waals surface area contributed by atoms with Gasteiger partial charge in [0.2, 0.25) is 0 Å². The number of hydrogen-bond acceptors (Lipinski definition) is 9. The maximum atomic E-state index is 12.3. The third-order valence-corrected chi connectivity index (χ3v) is 9.98. The van der Waals surface area contributed by atoms with Gasteiger partial charge in [-0.25, -0.2) is 4.57 Å². The number of aliphatic hydroxyl groups is 2. The summed E-state index contributed by atoms with van der Waals surface area (Å²) in [6.45, 7) is 2.05. The second-order valence-electron chi connectivity index (χ2n) is 14.3. The molecule has 0 aromatic carbocycles. The highest BCUT2D eigenvalue weighted by molar-refractivity contribution is 7.47. The number of unbranched alkanes of at least 4 members (excludes halogenated alkanes) is 18. The van der Waals surface area contributed by atoms with Crippen LogP contribution in [-0.4, -0.2) is 65.7 Å². The molecule has 55 heavy (non-hydrogen) atoms. The first-order chi connectivity index (χ1) is 26.8. The number of aliphatic hydroxyl groups excluding tert-OH is 2. The summed E-state index contributed by atoms with van der Waals surface area (Å²) in [5.41, 5.74) is 0. The second kappa shape index (κ2) is 40.1. The summed E-state index contributed by atoms with van der Waals surface area (Å²) in [5.74, 6) is -1.05. The van der Waals surface area contributed by atoms with Crippen molar-refractivity contribution in [1.82, 2.24) is 0 Å². The van der Waals surface area contributed by atoms with Crippen molar-refractivity contribution in [3.05, 3.63) is 48.6 Å². The molecule has 0 radical (unpaired) electrons. The van der Waals surface area contributed by atoms with Crippen molar-refractivity contribution in [1.29, 1.82) is 0 Å². The molecule has 3 unspecified atom stereocenters. The van der Waals surface area contributed by atoms with Gasteiger partial charge >= 0.3 is 19.8 Å². The molecular weight excluding hydrogens is 719 g/mol. The van der Waals surface area contributed by atoms with Crippen LogP contribution in [0.2, 0.25) is 0 Å². The Bertz CT molecular complexity index is 1060. The van der Waals surface area contributed by atoms with Gasteiger partial charge in [-0.1, -0.05) is 146 Å². The van der Waals surface area contributed by atoms with Crippen LogP contribution in [0.1, 0.15) is 181 Å². The predicted molar refractivity (Wildman–Crippen MR) is 224 cm³/mol. The quantitative estimate of drug-likeness (QED) is 0.0237. The van der Waals surface area contributed by atoms with Crippen molar-refractivity contribution in [2.24, 2.45) is 0 Å². The van der Waals surface area contributed by atoms with Crippen molar-refractivity contribution in [3.63, 3.8) is 0 Å². The number of ether oxygens (including phenoxy) is 2. The van der Waals surface area contributed by atoms with E-state index >= 15 is 0 Å². The van der Waals surface area contributed by atoms with E-state index < -0.39 is 58.4 Å². The number of rotatable bonds is 40. The van der Waals surface area contributed by atoms with Gasteiger partial charge in [0.25, 0.3) is 0 Å². The Hall–Kier alpha value is -2.07. The smallest absolute Gasteiger partial charge is 0.457 e. The molecule has 10 nitrogen and oxygen atoms in total. The number of hydrogen-bond donors (Lipinski definition) is 3. The average Bonchev–Trinajstić information content (AvgIpc) is 3.17. The second-order valence-corrected chi connectivity index (χ2v) is 15.7. The largest absolute Gasteiger partial charge is 0.472 e. The van der Waals surface area contributed by atoms with E-state index in [1.165, 1.54) is 83.5 Å². The van der Waals surface area contributed by atoms with Crippen molar-refractivity contribution in [3.8, 4) is 0 Å². The molecular formula is C44H79O10P. The highest BCUT2D eigenvalue weighted by Gasteiger charge is 2.27. The van der Waals surface area contributed by atoms with E-state index in [1.807, 2.05) is 0 Å². The molecule has 0 fully saturated rings. The third kappa shape index (κ3) is 38.6. The minimum Gasteiger partial charge on any atom is -0.457 e. The highest BCUT2D eigenvalue weighted by atomic mass is 31.2. The molecule has 0 heterocycles. The summed E-state index contributed by atoms with van der Waals surface area (Å²) in [7, 11) is -4.64. The highest BCUT2D eigenvalue weighted by Crippen LogP contribution is 2.43. The van der Waals surface area contributed by atoms with E-state index in [4.69, 9.17) is 18.5 Å². The van der Waals surface area contributed by atoms with E-state index in [-0.39, 0.29) is 12.8 Å². The Morgan fingerprint density at radius 3 is 1.27 bits per heavy atom. The summed E-state index contributed by atoms with van der Waals surface area (Å²) in [6.07, 6.45) is 42.3. The summed E-state index contributed by atoms with van der Waals surface area (Å²) < 4.78 is 32.5. The summed E-state index contributed by atoms with van der Waals surface area (Å²) in [6, 6.07) is 0. The Kier molecular flexibility index (Phi) is 38.6. The first-order valence-electron chi connectivity index (χ1n) is 21.6. The van der Waals surface area contributed by atoms with Gasteiger partial charge < -0.3 is 24.6 Å². The Morgan fingerprint density at radius 1 is 0.509 bits per heavy atom. The standard InChI is InChI=1S/C44H79O10P/c1-3-5-7-9-11-13-15-17-18-19-20-21-22-24-26-28-30-32-34-36-44(48)54-42(38-46)40-52-55(49,50)51-39-41(37-45)53-43(47)35-33-31-29-27-25-23-16-14-12-10-8-6-4-2/h6,8,12,14,17-18,23,25,41-42,45-46H,3-5,7,9-11,13,15-16,19-22,24,26-40H2,1-2H3,(H,49,50)/b8-6-,14-12-,18-17-,25-23-. The molecule has 0 saturated heterocycles. The van der Waals surface area contributed by atoms with E-state index in [2.05, 4.69) is 62.5 Å². The van der Waals surface area contributed by atoms with Crippen LogP contribution < -0.4 is 0 Å². The number of carbonyl (C=O) groups is 2. The van der Waals surface area contributed by atoms with Crippen molar-refractivity contribution >= 4 is 19.8 Å². The molecule has 0 amide bonds. The van der Waals surface area contributed by atoms with Gasteiger partial charge in [-0.15, -0.1) is 0 Å². The molecule has 11 heteroatoms. The fourth-order valence-corrected chi connectivity index (χ4v) is 6.50. The van der Waals surface area contributed by atoms with Crippen LogP contribution in [-0.2, 0) is 32.7 Å². The minimum atomic E-state index is -4.64.